The zero-order valence-electron chi connectivity index (χ0n) is 6.65. The van der Waals surface area contributed by atoms with Crippen LogP contribution in [0.2, 0.25) is 0 Å². The number of benzene rings is 1. The first-order valence-corrected chi connectivity index (χ1v) is 3.73. The molecule has 0 amide bonds. The Morgan fingerprint density at radius 1 is 1.46 bits per heavy atom. The fourth-order valence-electron chi connectivity index (χ4n) is 1.17. The summed E-state index contributed by atoms with van der Waals surface area (Å²) >= 11 is 0. The predicted molar refractivity (Wildman–Crippen MR) is 46.8 cm³/mol. The van der Waals surface area contributed by atoms with Crippen molar-refractivity contribution in [3.8, 4) is 5.75 Å². The lowest BCUT2D eigenvalue weighted by Gasteiger charge is -2.14. The molecule has 1 aromatic carbocycles. The van der Waals surface area contributed by atoms with Crippen molar-refractivity contribution in [3.63, 3.8) is 0 Å². The minimum Gasteiger partial charge on any atom is -0.478 e. The second-order valence-electron chi connectivity index (χ2n) is 2.55. The molecule has 0 saturated carbocycles. The lowest BCUT2D eigenvalue weighted by molar-refractivity contribution is 0.0694. The minimum absolute atomic E-state index is 0.161. The molecule has 0 radical (unpaired) electrons. The predicted octanol–water partition coefficient (Wildman–Crippen LogP) is 1.66. The van der Waals surface area contributed by atoms with Crippen LogP contribution in [0.5, 0.6) is 5.75 Å². The number of carbonyl (C=O) groups is 1. The van der Waals surface area contributed by atoms with Crippen molar-refractivity contribution in [2.75, 3.05) is 5.32 Å². The molecule has 1 aliphatic rings. The van der Waals surface area contributed by atoms with Crippen LogP contribution in [0.15, 0.2) is 30.7 Å². The van der Waals surface area contributed by atoms with Gasteiger partial charge < -0.3 is 15.2 Å². The van der Waals surface area contributed by atoms with E-state index in [-0.39, 0.29) is 5.56 Å². The molecule has 1 aliphatic heterocycles. The van der Waals surface area contributed by atoms with Crippen molar-refractivity contribution >= 4 is 11.7 Å². The van der Waals surface area contributed by atoms with E-state index >= 15 is 0 Å². The van der Waals surface area contributed by atoms with E-state index < -0.39 is 5.97 Å². The van der Waals surface area contributed by atoms with Gasteiger partial charge in [0.25, 0.3) is 0 Å². The quantitative estimate of drug-likeness (QED) is 0.684. The highest BCUT2D eigenvalue weighted by Gasteiger charge is 2.15. The van der Waals surface area contributed by atoms with Gasteiger partial charge in [0.2, 0.25) is 0 Å². The standard InChI is InChI=1S/C9H7NO3/c11-9(12)6-2-1-3-7-8(6)13-5-4-10-7/h1-5,10H,(H,11,12). The fraction of sp³-hybridized carbons (Fsp3) is 0. The summed E-state index contributed by atoms with van der Waals surface area (Å²) in [6, 6.07) is 4.92. The third kappa shape index (κ3) is 1.22. The Hall–Kier alpha value is -1.97. The average Bonchev–Trinajstić information content (AvgIpc) is 2.17. The van der Waals surface area contributed by atoms with Gasteiger partial charge in [-0.3, -0.25) is 0 Å². The number of hydrogen-bond acceptors (Lipinski definition) is 3. The zero-order chi connectivity index (χ0) is 9.26. The Balaban J connectivity index is 2.55. The summed E-state index contributed by atoms with van der Waals surface area (Å²) < 4.78 is 5.09. The zero-order valence-corrected chi connectivity index (χ0v) is 6.65. The van der Waals surface area contributed by atoms with Crippen molar-refractivity contribution in [2.24, 2.45) is 0 Å². The third-order valence-corrected chi connectivity index (χ3v) is 1.74. The largest absolute Gasteiger partial charge is 0.478 e. The molecule has 0 bridgehead atoms. The third-order valence-electron chi connectivity index (χ3n) is 1.74. The van der Waals surface area contributed by atoms with Gasteiger partial charge in [0, 0.05) is 6.20 Å². The summed E-state index contributed by atoms with van der Waals surface area (Å²) in [5, 5.41) is 11.7. The van der Waals surface area contributed by atoms with Crippen LogP contribution in [0, 0.1) is 0 Å². The Bertz CT molecular complexity index is 384. The van der Waals surface area contributed by atoms with Crippen LogP contribution in [0.1, 0.15) is 10.4 Å². The van der Waals surface area contributed by atoms with Gasteiger partial charge in [0.1, 0.15) is 11.8 Å². The second kappa shape index (κ2) is 2.82. The summed E-state index contributed by atoms with van der Waals surface area (Å²) in [5.41, 5.74) is 0.830. The molecule has 1 aromatic rings. The molecule has 0 aliphatic carbocycles. The van der Waals surface area contributed by atoms with Gasteiger partial charge in [-0.1, -0.05) is 6.07 Å². The number of nitrogens with one attached hydrogen (secondary N) is 1. The maximum atomic E-state index is 10.7. The van der Waals surface area contributed by atoms with Gasteiger partial charge >= 0.3 is 5.97 Å². The molecule has 0 spiro atoms. The SMILES string of the molecule is O=C(O)c1cccc2c1OC=CN2. The van der Waals surface area contributed by atoms with E-state index in [0.29, 0.717) is 11.4 Å². The molecule has 0 aromatic heterocycles. The molecule has 66 valence electrons. The van der Waals surface area contributed by atoms with E-state index in [4.69, 9.17) is 9.84 Å². The molecular formula is C9H7NO3. The summed E-state index contributed by atoms with van der Waals surface area (Å²) in [6.07, 6.45) is 3.02. The Morgan fingerprint density at radius 2 is 2.31 bits per heavy atom. The highest BCUT2D eigenvalue weighted by molar-refractivity contribution is 5.93. The summed E-state index contributed by atoms with van der Waals surface area (Å²) in [4.78, 5) is 10.7. The second-order valence-corrected chi connectivity index (χ2v) is 2.55. The van der Waals surface area contributed by atoms with Crippen LogP contribution in [0.3, 0.4) is 0 Å². The first kappa shape index (κ1) is 7.67. The molecule has 4 nitrogen and oxygen atoms in total. The van der Waals surface area contributed by atoms with Crippen molar-refractivity contribution < 1.29 is 14.6 Å². The lowest BCUT2D eigenvalue weighted by Crippen LogP contribution is -2.05. The topological polar surface area (TPSA) is 58.6 Å². The number of carboxylic acid groups (broad SMARTS) is 1. The first-order chi connectivity index (χ1) is 6.29. The normalized spacial score (nSPS) is 12.6. The van der Waals surface area contributed by atoms with Gasteiger partial charge in [-0.15, -0.1) is 0 Å². The number of ether oxygens (including phenoxy) is 1. The average molecular weight is 177 g/mol. The van der Waals surface area contributed by atoms with Crippen molar-refractivity contribution in [2.45, 2.75) is 0 Å². The summed E-state index contributed by atoms with van der Waals surface area (Å²) in [7, 11) is 0. The van der Waals surface area contributed by atoms with Crippen molar-refractivity contribution in [3.05, 3.63) is 36.2 Å². The van der Waals surface area contributed by atoms with Crippen LogP contribution in [0.25, 0.3) is 0 Å². The molecule has 13 heavy (non-hydrogen) atoms. The molecule has 0 atom stereocenters. The Labute approximate surface area is 74.4 Å². The molecular weight excluding hydrogens is 170 g/mol. The van der Waals surface area contributed by atoms with Gasteiger partial charge in [0.15, 0.2) is 5.75 Å². The van der Waals surface area contributed by atoms with E-state index in [1.54, 1.807) is 18.3 Å². The molecule has 2 rings (SSSR count). The number of fused-ring (bicyclic) bond motifs is 1. The van der Waals surface area contributed by atoms with Crippen molar-refractivity contribution in [1.29, 1.82) is 0 Å². The Kier molecular flexibility index (Phi) is 1.66. The van der Waals surface area contributed by atoms with Crippen LogP contribution in [-0.2, 0) is 0 Å². The number of anilines is 1. The van der Waals surface area contributed by atoms with Gasteiger partial charge in [-0.05, 0) is 12.1 Å². The van der Waals surface area contributed by atoms with E-state index in [9.17, 15) is 4.79 Å². The summed E-state index contributed by atoms with van der Waals surface area (Å²) in [6.45, 7) is 0. The smallest absolute Gasteiger partial charge is 0.339 e. The Morgan fingerprint density at radius 3 is 3.08 bits per heavy atom. The monoisotopic (exact) mass is 177 g/mol. The molecule has 1 heterocycles. The van der Waals surface area contributed by atoms with Gasteiger partial charge in [0.05, 0.1) is 5.69 Å². The summed E-state index contributed by atoms with van der Waals surface area (Å²) in [5.74, 6) is -0.633. The maximum absolute atomic E-state index is 10.7. The molecule has 2 N–H and O–H groups in total. The fourth-order valence-corrected chi connectivity index (χ4v) is 1.17. The lowest BCUT2D eigenvalue weighted by atomic mass is 10.1. The number of para-hydroxylation sites is 1. The van der Waals surface area contributed by atoms with Crippen LogP contribution < -0.4 is 10.1 Å². The van der Waals surface area contributed by atoms with Crippen molar-refractivity contribution in [1.82, 2.24) is 0 Å². The van der Waals surface area contributed by atoms with E-state index in [1.165, 1.54) is 12.3 Å². The number of aromatic carboxylic acids is 1. The van der Waals surface area contributed by atoms with Crippen LogP contribution in [-0.4, -0.2) is 11.1 Å². The minimum atomic E-state index is -0.992. The van der Waals surface area contributed by atoms with E-state index in [1.807, 2.05) is 0 Å². The number of hydrogen-bond donors (Lipinski definition) is 2. The first-order valence-electron chi connectivity index (χ1n) is 3.73. The highest BCUT2D eigenvalue weighted by atomic mass is 16.5. The van der Waals surface area contributed by atoms with Crippen LogP contribution in [0.4, 0.5) is 5.69 Å². The number of rotatable bonds is 1. The van der Waals surface area contributed by atoms with E-state index in [2.05, 4.69) is 5.32 Å². The molecule has 0 fully saturated rings. The van der Waals surface area contributed by atoms with Gasteiger partial charge in [-0.25, -0.2) is 4.79 Å². The molecule has 4 heteroatoms. The highest BCUT2D eigenvalue weighted by Crippen LogP contribution is 2.31. The maximum Gasteiger partial charge on any atom is 0.339 e. The molecule has 0 unspecified atom stereocenters. The van der Waals surface area contributed by atoms with Gasteiger partial charge in [-0.2, -0.15) is 0 Å². The number of carboxylic acids is 1. The van der Waals surface area contributed by atoms with Crippen LogP contribution >= 0.6 is 0 Å². The van der Waals surface area contributed by atoms with E-state index in [0.717, 1.165) is 0 Å². The molecule has 0 saturated heterocycles.